The molecule has 22 heavy (non-hydrogen) atoms. The number of carboxylic acids is 1. The Morgan fingerprint density at radius 2 is 2.00 bits per heavy atom. The molecule has 0 atom stereocenters. The van der Waals surface area contributed by atoms with E-state index in [2.05, 4.69) is 11.9 Å². The summed E-state index contributed by atoms with van der Waals surface area (Å²) in [5.74, 6) is -0.703. The fourth-order valence-corrected chi connectivity index (χ4v) is 2.06. The third-order valence-electron chi connectivity index (χ3n) is 3.01. The zero-order chi connectivity index (χ0) is 15.9. The summed E-state index contributed by atoms with van der Waals surface area (Å²) in [4.78, 5) is 14.8. The van der Waals surface area contributed by atoms with Crippen LogP contribution in [0.15, 0.2) is 47.5 Å². The van der Waals surface area contributed by atoms with Crippen LogP contribution < -0.4 is 4.74 Å². The smallest absolute Gasteiger partial charge is 0.341 e. The van der Waals surface area contributed by atoms with Gasteiger partial charge in [0.15, 0.2) is 6.61 Å². The van der Waals surface area contributed by atoms with E-state index in [0.717, 1.165) is 17.7 Å². The number of carbonyl (C=O) groups is 1. The first-order valence-corrected chi connectivity index (χ1v) is 7.23. The van der Waals surface area contributed by atoms with Gasteiger partial charge in [0.2, 0.25) is 0 Å². The number of carboxylic acid groups (broad SMARTS) is 1. The summed E-state index contributed by atoms with van der Waals surface area (Å²) < 4.78 is 5.07. The lowest BCUT2D eigenvalue weighted by Gasteiger charge is -2.05. The lowest BCUT2D eigenvalue weighted by atomic mass is 10.1. The third-order valence-corrected chi connectivity index (χ3v) is 3.31. The van der Waals surface area contributed by atoms with Crippen molar-refractivity contribution in [2.75, 3.05) is 6.61 Å². The SMILES string of the molecule is CCc1ccc(N=Cc2ccc(OCC(=O)O)c(Cl)c2)cc1. The van der Waals surface area contributed by atoms with Crippen LogP contribution in [-0.4, -0.2) is 23.9 Å². The summed E-state index contributed by atoms with van der Waals surface area (Å²) in [5.41, 5.74) is 2.94. The zero-order valence-electron chi connectivity index (χ0n) is 12.1. The Bertz CT molecular complexity index is 681. The average molecular weight is 318 g/mol. The van der Waals surface area contributed by atoms with Crippen LogP contribution in [0, 0.1) is 0 Å². The Morgan fingerprint density at radius 1 is 1.27 bits per heavy atom. The molecule has 0 fully saturated rings. The van der Waals surface area contributed by atoms with Gasteiger partial charge in [-0.25, -0.2) is 4.79 Å². The zero-order valence-corrected chi connectivity index (χ0v) is 12.9. The lowest BCUT2D eigenvalue weighted by molar-refractivity contribution is -0.139. The van der Waals surface area contributed by atoms with Crippen molar-refractivity contribution in [3.63, 3.8) is 0 Å². The number of halogens is 1. The Labute approximate surface area is 134 Å². The van der Waals surface area contributed by atoms with E-state index in [0.29, 0.717) is 10.8 Å². The summed E-state index contributed by atoms with van der Waals surface area (Å²) in [7, 11) is 0. The van der Waals surface area contributed by atoms with Crippen LogP contribution >= 0.6 is 11.6 Å². The second-order valence-corrected chi connectivity index (χ2v) is 5.06. The van der Waals surface area contributed by atoms with E-state index in [9.17, 15) is 4.79 Å². The fourth-order valence-electron chi connectivity index (χ4n) is 1.82. The topological polar surface area (TPSA) is 58.9 Å². The molecule has 0 aromatic heterocycles. The molecule has 0 aliphatic carbocycles. The van der Waals surface area contributed by atoms with Crippen LogP contribution in [0.5, 0.6) is 5.75 Å². The summed E-state index contributed by atoms with van der Waals surface area (Å²) in [6.45, 7) is 1.69. The monoisotopic (exact) mass is 317 g/mol. The molecule has 114 valence electrons. The van der Waals surface area contributed by atoms with Gasteiger partial charge >= 0.3 is 5.97 Å². The molecule has 2 aromatic carbocycles. The number of ether oxygens (including phenoxy) is 1. The molecule has 0 saturated carbocycles. The highest BCUT2D eigenvalue weighted by molar-refractivity contribution is 6.32. The molecular formula is C17H16ClNO3. The minimum absolute atomic E-state index is 0.341. The number of hydrogen-bond acceptors (Lipinski definition) is 3. The van der Waals surface area contributed by atoms with Gasteiger partial charge in [0.25, 0.3) is 0 Å². The van der Waals surface area contributed by atoms with Crippen molar-refractivity contribution in [1.29, 1.82) is 0 Å². The van der Waals surface area contributed by atoms with Crippen LogP contribution in [0.1, 0.15) is 18.1 Å². The van der Waals surface area contributed by atoms with E-state index in [1.807, 2.05) is 24.3 Å². The van der Waals surface area contributed by atoms with Crippen LogP contribution in [-0.2, 0) is 11.2 Å². The predicted octanol–water partition coefficient (Wildman–Crippen LogP) is 4.12. The second kappa shape index (κ2) is 7.61. The van der Waals surface area contributed by atoms with Gasteiger partial charge in [-0.3, -0.25) is 4.99 Å². The van der Waals surface area contributed by atoms with Crippen LogP contribution in [0.25, 0.3) is 0 Å². The van der Waals surface area contributed by atoms with E-state index in [-0.39, 0.29) is 0 Å². The predicted molar refractivity (Wildman–Crippen MR) is 87.7 cm³/mol. The molecule has 0 aliphatic heterocycles. The maximum Gasteiger partial charge on any atom is 0.341 e. The summed E-state index contributed by atoms with van der Waals surface area (Å²) >= 11 is 6.05. The molecular weight excluding hydrogens is 302 g/mol. The molecule has 0 heterocycles. The maximum atomic E-state index is 10.5. The first kappa shape index (κ1) is 16.0. The first-order chi connectivity index (χ1) is 10.6. The van der Waals surface area contributed by atoms with Crippen molar-refractivity contribution in [3.05, 3.63) is 58.6 Å². The number of benzene rings is 2. The standard InChI is InChI=1S/C17H16ClNO3/c1-2-12-3-6-14(7-4-12)19-10-13-5-8-16(15(18)9-13)22-11-17(20)21/h3-10H,2,11H2,1H3,(H,20,21). The normalized spacial score (nSPS) is 10.8. The van der Waals surface area contributed by atoms with Gasteiger partial charge in [0.05, 0.1) is 10.7 Å². The quantitative estimate of drug-likeness (QED) is 0.815. The largest absolute Gasteiger partial charge is 0.480 e. The number of nitrogens with zero attached hydrogens (tertiary/aromatic N) is 1. The highest BCUT2D eigenvalue weighted by Gasteiger charge is 2.04. The molecule has 0 spiro atoms. The molecule has 5 heteroatoms. The first-order valence-electron chi connectivity index (χ1n) is 6.85. The Kier molecular flexibility index (Phi) is 5.55. The number of aliphatic imine (C=N–C) groups is 1. The van der Waals surface area contributed by atoms with E-state index in [1.165, 1.54) is 5.56 Å². The summed E-state index contributed by atoms with van der Waals surface area (Å²) in [6.07, 6.45) is 2.70. The van der Waals surface area contributed by atoms with Crippen LogP contribution in [0.3, 0.4) is 0 Å². The molecule has 0 saturated heterocycles. The molecule has 4 nitrogen and oxygen atoms in total. The minimum atomic E-state index is -1.04. The van der Waals surface area contributed by atoms with E-state index < -0.39 is 12.6 Å². The van der Waals surface area contributed by atoms with Gasteiger partial charge in [-0.2, -0.15) is 0 Å². The molecule has 1 N–H and O–H groups in total. The van der Waals surface area contributed by atoms with Crippen molar-refractivity contribution >= 4 is 29.5 Å². The van der Waals surface area contributed by atoms with Gasteiger partial charge in [-0.1, -0.05) is 30.7 Å². The van der Waals surface area contributed by atoms with Gasteiger partial charge in [-0.05, 0) is 47.9 Å². The van der Waals surface area contributed by atoms with Crippen molar-refractivity contribution in [1.82, 2.24) is 0 Å². The second-order valence-electron chi connectivity index (χ2n) is 4.65. The lowest BCUT2D eigenvalue weighted by Crippen LogP contribution is -2.09. The highest BCUT2D eigenvalue weighted by Crippen LogP contribution is 2.25. The van der Waals surface area contributed by atoms with Gasteiger partial charge in [-0.15, -0.1) is 0 Å². The van der Waals surface area contributed by atoms with E-state index >= 15 is 0 Å². The van der Waals surface area contributed by atoms with Crippen LogP contribution in [0.4, 0.5) is 5.69 Å². The molecule has 2 rings (SSSR count). The van der Waals surface area contributed by atoms with Crippen molar-refractivity contribution in [2.45, 2.75) is 13.3 Å². The molecule has 0 amide bonds. The van der Waals surface area contributed by atoms with Gasteiger partial charge in [0.1, 0.15) is 5.75 Å². The maximum absolute atomic E-state index is 10.5. The number of aryl methyl sites for hydroxylation is 1. The molecule has 2 aromatic rings. The van der Waals surface area contributed by atoms with E-state index in [1.54, 1.807) is 24.4 Å². The number of rotatable bonds is 6. The average Bonchev–Trinajstić information content (AvgIpc) is 2.52. The Morgan fingerprint density at radius 3 is 2.59 bits per heavy atom. The van der Waals surface area contributed by atoms with Crippen LogP contribution in [0.2, 0.25) is 5.02 Å². The molecule has 0 bridgehead atoms. The van der Waals surface area contributed by atoms with Crippen molar-refractivity contribution in [2.24, 2.45) is 4.99 Å². The summed E-state index contributed by atoms with van der Waals surface area (Å²) in [5, 5.41) is 8.93. The third kappa shape index (κ3) is 4.60. The fraction of sp³-hybridized carbons (Fsp3) is 0.176. The van der Waals surface area contributed by atoms with Gasteiger partial charge in [0, 0.05) is 6.21 Å². The summed E-state index contributed by atoms with van der Waals surface area (Å²) in [6, 6.07) is 13.1. The van der Waals surface area contributed by atoms with Crippen molar-refractivity contribution < 1.29 is 14.6 Å². The minimum Gasteiger partial charge on any atom is -0.480 e. The van der Waals surface area contributed by atoms with Gasteiger partial charge < -0.3 is 9.84 Å². The highest BCUT2D eigenvalue weighted by atomic mass is 35.5. The molecule has 0 unspecified atom stereocenters. The Hall–Kier alpha value is -2.33. The molecule has 0 aliphatic rings. The number of aliphatic carboxylic acids is 1. The van der Waals surface area contributed by atoms with Crippen molar-refractivity contribution in [3.8, 4) is 5.75 Å². The molecule has 0 radical (unpaired) electrons. The van der Waals surface area contributed by atoms with E-state index in [4.69, 9.17) is 21.4 Å². The number of hydrogen-bond donors (Lipinski definition) is 1. The Balaban J connectivity index is 2.07.